The zero-order valence-corrected chi connectivity index (χ0v) is 18.8. The van der Waals surface area contributed by atoms with Crippen LogP contribution in [0.4, 0.5) is 5.95 Å². The number of hydrogen-bond donors (Lipinski definition) is 0. The van der Waals surface area contributed by atoms with Gasteiger partial charge < -0.3 is 9.80 Å². The van der Waals surface area contributed by atoms with Gasteiger partial charge in [-0.25, -0.2) is 9.97 Å². The first-order valence-electron chi connectivity index (χ1n) is 11.8. The van der Waals surface area contributed by atoms with Crippen molar-refractivity contribution in [2.24, 2.45) is 0 Å². The zero-order chi connectivity index (χ0) is 21.4. The van der Waals surface area contributed by atoms with Crippen molar-refractivity contribution in [2.75, 3.05) is 44.2 Å². The van der Waals surface area contributed by atoms with Crippen LogP contribution in [-0.2, 0) is 12.8 Å². The third-order valence-corrected chi connectivity index (χ3v) is 7.30. The molecule has 1 amide bonds. The Balaban J connectivity index is 1.25. The summed E-state index contributed by atoms with van der Waals surface area (Å²) < 4.78 is 0. The molecule has 6 nitrogen and oxygen atoms in total. The molecule has 1 saturated heterocycles. The summed E-state index contributed by atoms with van der Waals surface area (Å²) in [6.07, 6.45) is 7.74. The number of benzene rings is 1. The van der Waals surface area contributed by atoms with Crippen molar-refractivity contribution < 1.29 is 4.79 Å². The van der Waals surface area contributed by atoms with Crippen LogP contribution < -0.4 is 4.90 Å². The number of carbonyl (C=O) groups is 1. The van der Waals surface area contributed by atoms with E-state index in [1.54, 1.807) is 0 Å². The summed E-state index contributed by atoms with van der Waals surface area (Å²) in [4.78, 5) is 29.8. The lowest BCUT2D eigenvalue weighted by Gasteiger charge is -2.43. The van der Waals surface area contributed by atoms with Crippen molar-refractivity contribution in [2.45, 2.75) is 52.0 Å². The number of aryl methyl sites for hydroxylation is 2. The third kappa shape index (κ3) is 4.18. The molecule has 0 bridgehead atoms. The number of anilines is 1. The second kappa shape index (κ2) is 8.58. The number of piperazine rings is 1. The fourth-order valence-corrected chi connectivity index (χ4v) is 5.08. The molecule has 2 aliphatic heterocycles. The molecule has 0 spiro atoms. The van der Waals surface area contributed by atoms with Crippen molar-refractivity contribution in [3.05, 3.63) is 52.3 Å². The lowest BCUT2D eigenvalue weighted by molar-refractivity contribution is 0.0762. The smallest absolute Gasteiger partial charge is 0.254 e. The monoisotopic (exact) mass is 419 g/mol. The first-order chi connectivity index (χ1) is 15.1. The maximum Gasteiger partial charge on any atom is 0.254 e. The molecule has 1 saturated carbocycles. The molecule has 1 aromatic carbocycles. The molecule has 1 aromatic heterocycles. The van der Waals surface area contributed by atoms with E-state index in [9.17, 15) is 4.79 Å². The van der Waals surface area contributed by atoms with Gasteiger partial charge in [0.1, 0.15) is 0 Å². The Bertz CT molecular complexity index is 962. The van der Waals surface area contributed by atoms with Crippen LogP contribution in [0.5, 0.6) is 0 Å². The van der Waals surface area contributed by atoms with Gasteiger partial charge in [-0.05, 0) is 50.3 Å². The van der Waals surface area contributed by atoms with E-state index in [1.165, 1.54) is 30.4 Å². The van der Waals surface area contributed by atoms with Crippen LogP contribution in [0.3, 0.4) is 0 Å². The van der Waals surface area contributed by atoms with E-state index in [-0.39, 0.29) is 5.91 Å². The third-order valence-electron chi connectivity index (χ3n) is 7.30. The fraction of sp³-hybridized carbons (Fsp3) is 0.560. The molecule has 1 aliphatic carbocycles. The standard InChI is InChI=1S/C25H33N5O/c1-18-6-7-22(19(2)16-18)24(31)29-10-8-20-17-26-25(27-23(20)9-11-29)30-14-12-28(13-15-30)21-4-3-5-21/h6-7,16-17,21H,3-5,8-15H2,1-2H3. The molecule has 5 rings (SSSR count). The first-order valence-corrected chi connectivity index (χ1v) is 11.8. The molecular weight excluding hydrogens is 386 g/mol. The predicted molar refractivity (Wildman–Crippen MR) is 123 cm³/mol. The van der Waals surface area contributed by atoms with E-state index in [2.05, 4.69) is 22.8 Å². The van der Waals surface area contributed by atoms with Crippen molar-refractivity contribution in [1.29, 1.82) is 0 Å². The topological polar surface area (TPSA) is 52.6 Å². The summed E-state index contributed by atoms with van der Waals surface area (Å²) in [5.74, 6) is 0.992. The molecule has 164 valence electrons. The van der Waals surface area contributed by atoms with E-state index in [1.807, 2.05) is 30.2 Å². The summed E-state index contributed by atoms with van der Waals surface area (Å²) in [5, 5.41) is 0. The number of carbonyl (C=O) groups excluding carboxylic acids is 1. The highest BCUT2D eigenvalue weighted by Crippen LogP contribution is 2.26. The van der Waals surface area contributed by atoms with E-state index < -0.39 is 0 Å². The largest absolute Gasteiger partial charge is 0.338 e. The molecule has 31 heavy (non-hydrogen) atoms. The van der Waals surface area contributed by atoms with E-state index in [4.69, 9.17) is 9.97 Å². The Morgan fingerprint density at radius 1 is 1.00 bits per heavy atom. The van der Waals surface area contributed by atoms with Gasteiger partial charge in [-0.3, -0.25) is 9.69 Å². The zero-order valence-electron chi connectivity index (χ0n) is 18.8. The Hall–Kier alpha value is -2.47. The van der Waals surface area contributed by atoms with Gasteiger partial charge in [-0.2, -0.15) is 0 Å². The highest BCUT2D eigenvalue weighted by molar-refractivity contribution is 5.95. The van der Waals surface area contributed by atoms with Crippen molar-refractivity contribution >= 4 is 11.9 Å². The predicted octanol–water partition coefficient (Wildman–Crippen LogP) is 3.01. The van der Waals surface area contributed by atoms with E-state index in [0.717, 1.165) is 74.4 Å². The summed E-state index contributed by atoms with van der Waals surface area (Å²) in [7, 11) is 0. The molecule has 2 fully saturated rings. The van der Waals surface area contributed by atoms with Crippen LogP contribution >= 0.6 is 0 Å². The van der Waals surface area contributed by atoms with Crippen molar-refractivity contribution in [1.82, 2.24) is 19.8 Å². The normalized spacial score (nSPS) is 20.2. The van der Waals surface area contributed by atoms with Crippen LogP contribution in [0.15, 0.2) is 24.4 Å². The minimum absolute atomic E-state index is 0.130. The van der Waals surface area contributed by atoms with Gasteiger partial charge in [-0.15, -0.1) is 0 Å². The minimum Gasteiger partial charge on any atom is -0.338 e. The first kappa shape index (κ1) is 20.4. The molecular formula is C25H33N5O. The van der Waals surface area contributed by atoms with Gasteiger partial charge in [0.05, 0.1) is 5.69 Å². The van der Waals surface area contributed by atoms with Crippen LogP contribution in [0.25, 0.3) is 0 Å². The Labute approximate surface area is 185 Å². The molecule has 0 atom stereocenters. The summed E-state index contributed by atoms with van der Waals surface area (Å²) in [6.45, 7) is 9.77. The number of hydrogen-bond acceptors (Lipinski definition) is 5. The SMILES string of the molecule is Cc1ccc(C(=O)N2CCc3cnc(N4CCN(C5CCC5)CC4)nc3CC2)c(C)c1. The lowest BCUT2D eigenvalue weighted by Crippen LogP contribution is -2.52. The maximum absolute atomic E-state index is 13.1. The number of rotatable bonds is 3. The number of aromatic nitrogens is 2. The number of amides is 1. The Morgan fingerprint density at radius 2 is 1.77 bits per heavy atom. The van der Waals surface area contributed by atoms with Crippen LogP contribution in [0.2, 0.25) is 0 Å². The maximum atomic E-state index is 13.1. The van der Waals surface area contributed by atoms with Crippen LogP contribution in [0, 0.1) is 13.8 Å². The molecule has 0 radical (unpaired) electrons. The average molecular weight is 420 g/mol. The molecule has 3 aliphatic rings. The van der Waals surface area contributed by atoms with E-state index >= 15 is 0 Å². The summed E-state index contributed by atoms with van der Waals surface area (Å²) >= 11 is 0. The fourth-order valence-electron chi connectivity index (χ4n) is 5.08. The molecule has 3 heterocycles. The van der Waals surface area contributed by atoms with Gasteiger partial charge in [0.15, 0.2) is 0 Å². The second-order valence-electron chi connectivity index (χ2n) is 9.36. The summed E-state index contributed by atoms with van der Waals surface area (Å²) in [5.41, 5.74) is 5.35. The Morgan fingerprint density at radius 3 is 2.48 bits per heavy atom. The molecule has 6 heteroatoms. The number of nitrogens with zero attached hydrogens (tertiary/aromatic N) is 5. The summed E-state index contributed by atoms with van der Waals surface area (Å²) in [6, 6.07) is 6.89. The second-order valence-corrected chi connectivity index (χ2v) is 9.36. The molecule has 0 unspecified atom stereocenters. The highest BCUT2D eigenvalue weighted by Gasteiger charge is 2.29. The highest BCUT2D eigenvalue weighted by atomic mass is 16.2. The van der Waals surface area contributed by atoms with Crippen molar-refractivity contribution in [3.63, 3.8) is 0 Å². The van der Waals surface area contributed by atoms with Gasteiger partial charge in [0.2, 0.25) is 5.95 Å². The van der Waals surface area contributed by atoms with Gasteiger partial charge in [-0.1, -0.05) is 24.1 Å². The molecule has 2 aromatic rings. The quantitative estimate of drug-likeness (QED) is 0.766. The van der Waals surface area contributed by atoms with Crippen LogP contribution in [-0.4, -0.2) is 71.0 Å². The van der Waals surface area contributed by atoms with Gasteiger partial charge >= 0.3 is 0 Å². The average Bonchev–Trinajstić information content (AvgIpc) is 2.95. The van der Waals surface area contributed by atoms with Crippen molar-refractivity contribution in [3.8, 4) is 0 Å². The minimum atomic E-state index is 0.130. The van der Waals surface area contributed by atoms with E-state index in [0.29, 0.717) is 6.54 Å². The van der Waals surface area contributed by atoms with Gasteiger partial charge in [0.25, 0.3) is 5.91 Å². The van der Waals surface area contributed by atoms with Gasteiger partial charge in [0, 0.05) is 63.5 Å². The van der Waals surface area contributed by atoms with Crippen LogP contribution in [0.1, 0.15) is 52.0 Å². The number of fused-ring (bicyclic) bond motifs is 1. The lowest BCUT2D eigenvalue weighted by atomic mass is 9.91. The molecule has 0 N–H and O–H groups in total. The Kier molecular flexibility index (Phi) is 5.65.